The third-order valence-corrected chi connectivity index (χ3v) is 12.0. The lowest BCUT2D eigenvalue weighted by atomic mass is 9.79. The van der Waals surface area contributed by atoms with Crippen LogP contribution in [0.15, 0.2) is 152 Å². The van der Waals surface area contributed by atoms with E-state index in [0.717, 1.165) is 82.9 Å². The molecule has 4 nitrogen and oxygen atoms in total. The lowest BCUT2D eigenvalue weighted by Gasteiger charge is -2.28. The molecule has 0 radical (unpaired) electrons. The van der Waals surface area contributed by atoms with Crippen molar-refractivity contribution in [1.82, 2.24) is 14.5 Å². The first-order valence-corrected chi connectivity index (χ1v) is 21.1. The Morgan fingerprint density at radius 1 is 0.483 bits per heavy atom. The molecule has 0 unspecified atom stereocenters. The molecule has 7 aromatic carbocycles. The number of nitrogens with zero attached hydrogens (tertiary/aromatic N) is 3. The van der Waals surface area contributed by atoms with Gasteiger partial charge in [-0.05, 0) is 91.1 Å². The molecule has 60 heavy (non-hydrogen) atoms. The van der Waals surface area contributed by atoms with Crippen LogP contribution in [0.2, 0.25) is 0 Å². The number of hydrogen-bond donors (Lipinski definition) is 1. The quantitative estimate of drug-likeness (QED) is 0.189. The van der Waals surface area contributed by atoms with Crippen LogP contribution in [0.3, 0.4) is 0 Å². The van der Waals surface area contributed by atoms with Crippen molar-refractivity contribution in [1.29, 1.82) is 0 Å². The van der Waals surface area contributed by atoms with Crippen molar-refractivity contribution in [3.05, 3.63) is 168 Å². The summed E-state index contributed by atoms with van der Waals surface area (Å²) < 4.78 is 2.31. The van der Waals surface area contributed by atoms with Crippen LogP contribution in [-0.4, -0.2) is 19.6 Å². The summed E-state index contributed by atoms with van der Waals surface area (Å²) in [5, 5.41) is 17.1. The molecule has 0 amide bonds. The van der Waals surface area contributed by atoms with Gasteiger partial charge >= 0.3 is 0 Å². The Kier molecular flexibility index (Phi) is 9.31. The second-order valence-corrected chi connectivity index (χ2v) is 19.3. The fourth-order valence-electron chi connectivity index (χ4n) is 8.62. The largest absolute Gasteiger partial charge is 0.507 e. The molecule has 2 aromatic heterocycles. The number of phenolic OH excluding ortho intramolecular Hbond substituents is 1. The van der Waals surface area contributed by atoms with Gasteiger partial charge in [0.15, 0.2) is 0 Å². The molecule has 0 bridgehead atoms. The zero-order valence-corrected chi connectivity index (χ0v) is 36.2. The van der Waals surface area contributed by atoms with Gasteiger partial charge in [0.05, 0.1) is 28.0 Å². The Morgan fingerprint density at radius 3 is 1.88 bits per heavy atom. The maximum Gasteiger partial charge on any atom is 0.149 e. The van der Waals surface area contributed by atoms with Gasteiger partial charge < -0.3 is 5.11 Å². The molecule has 9 rings (SSSR count). The summed E-state index contributed by atoms with van der Waals surface area (Å²) in [4.78, 5) is 10.7. The van der Waals surface area contributed by atoms with E-state index in [2.05, 4.69) is 212 Å². The van der Waals surface area contributed by atoms with Gasteiger partial charge in [-0.3, -0.25) is 9.55 Å². The van der Waals surface area contributed by atoms with E-state index in [-0.39, 0.29) is 22.0 Å². The summed E-state index contributed by atoms with van der Waals surface area (Å²) in [5.41, 5.74) is 12.6. The van der Waals surface area contributed by atoms with Crippen molar-refractivity contribution in [2.45, 2.75) is 78.6 Å². The van der Waals surface area contributed by atoms with Gasteiger partial charge in [0.25, 0.3) is 0 Å². The molecule has 0 aliphatic rings. The number of aromatic hydroxyl groups is 1. The van der Waals surface area contributed by atoms with Crippen molar-refractivity contribution in [3.8, 4) is 56.3 Å². The van der Waals surface area contributed by atoms with Gasteiger partial charge in [0.2, 0.25) is 0 Å². The molecule has 0 saturated carbocycles. The summed E-state index contributed by atoms with van der Waals surface area (Å²) in [5.74, 6) is 0.952. The van der Waals surface area contributed by atoms with Gasteiger partial charge in [0.1, 0.15) is 11.6 Å². The molecule has 0 atom stereocenters. The predicted octanol–water partition coefficient (Wildman–Crippen LogP) is 15.0. The van der Waals surface area contributed by atoms with E-state index < -0.39 is 0 Å². The van der Waals surface area contributed by atoms with Crippen molar-refractivity contribution in [2.75, 3.05) is 0 Å². The highest BCUT2D eigenvalue weighted by molar-refractivity contribution is 6.05. The molecule has 0 aliphatic heterocycles. The van der Waals surface area contributed by atoms with Crippen LogP contribution in [0, 0.1) is 0 Å². The van der Waals surface area contributed by atoms with E-state index in [1.807, 2.05) is 6.20 Å². The molecule has 4 heteroatoms. The first-order chi connectivity index (χ1) is 28.6. The van der Waals surface area contributed by atoms with E-state index in [9.17, 15) is 5.11 Å². The summed E-state index contributed by atoms with van der Waals surface area (Å²) in [7, 11) is 0. The van der Waals surface area contributed by atoms with Gasteiger partial charge in [-0.15, -0.1) is 0 Å². The molecule has 298 valence electrons. The van der Waals surface area contributed by atoms with Crippen molar-refractivity contribution in [2.24, 2.45) is 0 Å². The van der Waals surface area contributed by atoms with E-state index in [0.29, 0.717) is 11.4 Å². The second-order valence-electron chi connectivity index (χ2n) is 19.3. The summed E-state index contributed by atoms with van der Waals surface area (Å²) in [6.45, 7) is 19.9. The first kappa shape index (κ1) is 39.0. The summed E-state index contributed by atoms with van der Waals surface area (Å²) in [6.07, 6.45) is 1.94. The topological polar surface area (TPSA) is 50.9 Å². The van der Waals surface area contributed by atoms with Crippen LogP contribution < -0.4 is 0 Å². The number of benzene rings is 7. The Labute approximate surface area is 354 Å². The maximum atomic E-state index is 12.6. The minimum atomic E-state index is -0.323. The molecule has 2 heterocycles. The van der Waals surface area contributed by atoms with Crippen LogP contribution >= 0.6 is 0 Å². The zero-order chi connectivity index (χ0) is 42.1. The number of fused-ring (bicyclic) bond motifs is 3. The van der Waals surface area contributed by atoms with Crippen LogP contribution in [0.4, 0.5) is 0 Å². The van der Waals surface area contributed by atoms with Crippen LogP contribution in [0.1, 0.15) is 79.0 Å². The normalized spacial score (nSPS) is 12.5. The van der Waals surface area contributed by atoms with Crippen LogP contribution in [0.5, 0.6) is 5.75 Å². The third kappa shape index (κ3) is 6.84. The Bertz CT molecular complexity index is 3100. The SMILES string of the molecule is CC(C)(C)c1ccnc(-c2cc(-c3cccc4c3nc(-c3cc(C(C)(C)C)cc(C(C)(C)C)c3O)n4-c3c(-c4ccccc4)ccc4ccccc34)cc3ccccc23)c1. The van der Waals surface area contributed by atoms with E-state index >= 15 is 0 Å². The van der Waals surface area contributed by atoms with Crippen LogP contribution in [0.25, 0.3) is 83.2 Å². The molecular weight excluding hydrogens is 731 g/mol. The number of aromatic nitrogens is 3. The maximum absolute atomic E-state index is 12.6. The average molecular weight is 784 g/mol. The molecule has 0 aliphatic carbocycles. The lowest BCUT2D eigenvalue weighted by molar-refractivity contribution is 0.446. The number of rotatable bonds is 5. The van der Waals surface area contributed by atoms with Gasteiger partial charge in [-0.25, -0.2) is 4.98 Å². The fraction of sp³-hybridized carbons (Fsp3) is 0.214. The van der Waals surface area contributed by atoms with Crippen LogP contribution in [-0.2, 0) is 16.2 Å². The number of para-hydroxylation sites is 1. The minimum Gasteiger partial charge on any atom is -0.507 e. The van der Waals surface area contributed by atoms with E-state index in [4.69, 9.17) is 9.97 Å². The predicted molar refractivity (Wildman–Crippen MR) is 253 cm³/mol. The number of pyridine rings is 1. The monoisotopic (exact) mass is 783 g/mol. The second kappa shape index (κ2) is 14.3. The fourth-order valence-corrected chi connectivity index (χ4v) is 8.62. The van der Waals surface area contributed by atoms with Crippen molar-refractivity contribution < 1.29 is 5.11 Å². The minimum absolute atomic E-state index is 0.0249. The number of phenols is 1. The molecule has 1 N–H and O–H groups in total. The Morgan fingerprint density at radius 2 is 1.17 bits per heavy atom. The van der Waals surface area contributed by atoms with Crippen molar-refractivity contribution in [3.63, 3.8) is 0 Å². The first-order valence-electron chi connectivity index (χ1n) is 21.1. The molecular formula is C56H53N3O. The smallest absolute Gasteiger partial charge is 0.149 e. The standard InChI is InChI=1S/C56H53N3O/c1-54(2,3)39-28-29-57-48(34-39)45-31-38(30-37-21-14-15-22-41(37)45)42-24-17-25-49-50(42)58-53(46-32-40(55(4,5)6)33-47(52(46)60)56(7,8)9)59(49)51-43-23-16-13-20-36(43)26-27-44(51)35-18-11-10-12-19-35/h10-34,60H,1-9H3. The number of hydrogen-bond acceptors (Lipinski definition) is 3. The summed E-state index contributed by atoms with van der Waals surface area (Å²) in [6, 6.07) is 52.0. The highest BCUT2D eigenvalue weighted by Crippen LogP contribution is 2.47. The molecule has 0 fully saturated rings. The van der Waals surface area contributed by atoms with Gasteiger partial charge in [-0.2, -0.15) is 0 Å². The highest BCUT2D eigenvalue weighted by Gasteiger charge is 2.30. The van der Waals surface area contributed by atoms with Gasteiger partial charge in [-0.1, -0.05) is 172 Å². The molecule has 0 spiro atoms. The summed E-state index contributed by atoms with van der Waals surface area (Å²) >= 11 is 0. The number of imidazole rings is 1. The Balaban J connectivity index is 1.42. The molecule has 9 aromatic rings. The average Bonchev–Trinajstić information content (AvgIpc) is 3.61. The molecule has 0 saturated heterocycles. The lowest BCUT2D eigenvalue weighted by Crippen LogP contribution is -2.17. The van der Waals surface area contributed by atoms with E-state index in [1.165, 1.54) is 5.56 Å². The third-order valence-electron chi connectivity index (χ3n) is 12.0. The highest BCUT2D eigenvalue weighted by atomic mass is 16.3. The van der Waals surface area contributed by atoms with Gasteiger partial charge in [0, 0.05) is 33.8 Å². The van der Waals surface area contributed by atoms with Crippen molar-refractivity contribution >= 4 is 32.6 Å². The Hall–Kier alpha value is -6.52. The van der Waals surface area contributed by atoms with E-state index in [1.54, 1.807) is 0 Å². The zero-order valence-electron chi connectivity index (χ0n) is 36.2.